The monoisotopic (exact) mass is 332 g/mol. The Kier molecular flexibility index (Phi) is 4.47. The highest BCUT2D eigenvalue weighted by atomic mass is 16.5. The van der Waals surface area contributed by atoms with E-state index in [4.69, 9.17) is 14.2 Å². The minimum absolute atomic E-state index is 0.0661. The molecule has 130 valence electrons. The summed E-state index contributed by atoms with van der Waals surface area (Å²) >= 11 is 0. The quantitative estimate of drug-likeness (QED) is 0.916. The number of hydrogen-bond donors (Lipinski definition) is 1. The summed E-state index contributed by atoms with van der Waals surface area (Å²) in [5.41, 5.74) is 0.979. The number of carbonyl (C=O) groups excluding carboxylic acids is 1. The van der Waals surface area contributed by atoms with Crippen molar-refractivity contribution in [2.45, 2.75) is 25.4 Å². The van der Waals surface area contributed by atoms with Crippen LogP contribution in [-0.4, -0.2) is 56.4 Å². The number of hydrogen-bond acceptors (Lipinski definition) is 5. The summed E-state index contributed by atoms with van der Waals surface area (Å²) in [6.07, 6.45) is 2.64. The van der Waals surface area contributed by atoms with Gasteiger partial charge in [0.2, 0.25) is 5.91 Å². The highest BCUT2D eigenvalue weighted by Crippen LogP contribution is 2.32. The van der Waals surface area contributed by atoms with Crippen LogP contribution in [-0.2, 0) is 9.53 Å². The van der Waals surface area contributed by atoms with Crippen LogP contribution in [0.2, 0.25) is 0 Å². The number of ether oxygens (including phenoxy) is 3. The molecule has 3 aliphatic heterocycles. The molecule has 0 aliphatic carbocycles. The normalized spacial score (nSPS) is 24.0. The zero-order chi connectivity index (χ0) is 16.4. The van der Waals surface area contributed by atoms with Gasteiger partial charge in [-0.2, -0.15) is 0 Å². The van der Waals surface area contributed by atoms with Crippen LogP contribution in [0.25, 0.3) is 0 Å². The van der Waals surface area contributed by atoms with Gasteiger partial charge < -0.3 is 24.4 Å². The Morgan fingerprint density at radius 1 is 1.21 bits per heavy atom. The molecule has 3 heterocycles. The molecule has 0 spiro atoms. The third-order valence-corrected chi connectivity index (χ3v) is 4.96. The topological polar surface area (TPSA) is 60.0 Å². The van der Waals surface area contributed by atoms with Crippen LogP contribution in [0.1, 0.15) is 19.3 Å². The maximum absolute atomic E-state index is 12.6. The molecule has 4 rings (SSSR count). The molecule has 1 aromatic rings. The number of anilines is 1. The number of likely N-dealkylation sites (tertiary alicyclic amines) is 1. The standard InChI is InChI=1S/C18H24N2O4/c21-18(13-4-8-22-9-5-13)20-7-3-15(12-20)24-14-1-2-17-16(11-14)19-6-10-23-17/h1-2,11,13,15,19H,3-10,12H2/t15-/m0/s1. The SMILES string of the molecule is O=C(C1CCOCC1)N1CC[C@H](Oc2ccc3c(c2)NCCO3)C1. The van der Waals surface area contributed by atoms with E-state index >= 15 is 0 Å². The first-order valence-corrected chi connectivity index (χ1v) is 8.83. The predicted octanol–water partition coefficient (Wildman–Crippen LogP) is 1.90. The molecule has 6 heteroatoms. The maximum atomic E-state index is 12.6. The fraction of sp³-hybridized carbons (Fsp3) is 0.611. The van der Waals surface area contributed by atoms with Gasteiger partial charge in [-0.1, -0.05) is 0 Å². The van der Waals surface area contributed by atoms with Crippen molar-refractivity contribution in [3.8, 4) is 11.5 Å². The molecule has 0 radical (unpaired) electrons. The minimum Gasteiger partial charge on any atom is -0.490 e. The number of rotatable bonds is 3. The third-order valence-electron chi connectivity index (χ3n) is 4.96. The number of nitrogens with zero attached hydrogens (tertiary/aromatic N) is 1. The van der Waals surface area contributed by atoms with E-state index < -0.39 is 0 Å². The fourth-order valence-electron chi connectivity index (χ4n) is 3.61. The Hall–Kier alpha value is -1.95. The van der Waals surface area contributed by atoms with Gasteiger partial charge in [0, 0.05) is 44.7 Å². The lowest BCUT2D eigenvalue weighted by Gasteiger charge is -2.26. The highest BCUT2D eigenvalue weighted by Gasteiger charge is 2.32. The van der Waals surface area contributed by atoms with Crippen LogP contribution < -0.4 is 14.8 Å². The Bertz CT molecular complexity index is 601. The molecule has 1 N–H and O–H groups in total. The molecular formula is C18H24N2O4. The number of carbonyl (C=O) groups is 1. The Morgan fingerprint density at radius 2 is 2.08 bits per heavy atom. The van der Waals surface area contributed by atoms with Crippen LogP contribution in [0.4, 0.5) is 5.69 Å². The summed E-state index contributed by atoms with van der Waals surface area (Å²) in [5.74, 6) is 2.10. The molecule has 1 amide bonds. The van der Waals surface area contributed by atoms with Gasteiger partial charge >= 0.3 is 0 Å². The van der Waals surface area contributed by atoms with Gasteiger partial charge in [-0.3, -0.25) is 4.79 Å². The van der Waals surface area contributed by atoms with E-state index in [1.807, 2.05) is 23.1 Å². The van der Waals surface area contributed by atoms with Gasteiger partial charge in [0.1, 0.15) is 24.2 Å². The number of fused-ring (bicyclic) bond motifs is 1. The van der Waals surface area contributed by atoms with Crippen molar-refractivity contribution in [3.05, 3.63) is 18.2 Å². The molecular weight excluding hydrogens is 308 g/mol. The second-order valence-electron chi connectivity index (χ2n) is 6.63. The molecule has 2 saturated heterocycles. The third kappa shape index (κ3) is 3.29. The summed E-state index contributed by atoms with van der Waals surface area (Å²) in [6, 6.07) is 5.86. The number of nitrogens with one attached hydrogen (secondary N) is 1. The van der Waals surface area contributed by atoms with Crippen molar-refractivity contribution in [2.75, 3.05) is 44.8 Å². The van der Waals surface area contributed by atoms with Crippen LogP contribution in [0, 0.1) is 5.92 Å². The first-order valence-electron chi connectivity index (χ1n) is 8.83. The maximum Gasteiger partial charge on any atom is 0.225 e. The summed E-state index contributed by atoms with van der Waals surface area (Å²) in [7, 11) is 0. The lowest BCUT2D eigenvalue weighted by molar-refractivity contribution is -0.137. The fourth-order valence-corrected chi connectivity index (χ4v) is 3.61. The molecule has 3 aliphatic rings. The van der Waals surface area contributed by atoms with Gasteiger partial charge in [-0.15, -0.1) is 0 Å². The van der Waals surface area contributed by atoms with Gasteiger partial charge in [0.05, 0.1) is 12.2 Å². The molecule has 1 atom stereocenters. The molecule has 0 saturated carbocycles. The summed E-state index contributed by atoms with van der Waals surface area (Å²) in [5, 5.41) is 3.32. The predicted molar refractivity (Wildman–Crippen MR) is 89.6 cm³/mol. The first kappa shape index (κ1) is 15.6. The van der Waals surface area contributed by atoms with E-state index in [2.05, 4.69) is 5.32 Å². The minimum atomic E-state index is 0.0661. The van der Waals surface area contributed by atoms with E-state index in [-0.39, 0.29) is 17.9 Å². The molecule has 0 bridgehead atoms. The van der Waals surface area contributed by atoms with Gasteiger partial charge in [0.15, 0.2) is 0 Å². The number of amides is 1. The van der Waals surface area contributed by atoms with Crippen molar-refractivity contribution in [1.82, 2.24) is 4.90 Å². The van der Waals surface area contributed by atoms with E-state index in [0.717, 1.165) is 49.5 Å². The second-order valence-corrected chi connectivity index (χ2v) is 6.63. The molecule has 2 fully saturated rings. The Morgan fingerprint density at radius 3 is 2.96 bits per heavy atom. The average Bonchev–Trinajstić information content (AvgIpc) is 3.10. The van der Waals surface area contributed by atoms with Crippen molar-refractivity contribution in [3.63, 3.8) is 0 Å². The summed E-state index contributed by atoms with van der Waals surface area (Å²) in [6.45, 7) is 4.37. The van der Waals surface area contributed by atoms with Gasteiger partial charge in [-0.05, 0) is 25.0 Å². The Balaban J connectivity index is 1.34. The van der Waals surface area contributed by atoms with Gasteiger partial charge in [0.25, 0.3) is 0 Å². The molecule has 6 nitrogen and oxygen atoms in total. The lowest BCUT2D eigenvalue weighted by atomic mass is 9.99. The van der Waals surface area contributed by atoms with Crippen molar-refractivity contribution < 1.29 is 19.0 Å². The molecule has 0 aromatic heterocycles. The van der Waals surface area contributed by atoms with Crippen LogP contribution in [0.5, 0.6) is 11.5 Å². The zero-order valence-corrected chi connectivity index (χ0v) is 13.8. The van der Waals surface area contributed by atoms with Crippen LogP contribution in [0.3, 0.4) is 0 Å². The van der Waals surface area contributed by atoms with E-state index in [1.54, 1.807) is 0 Å². The van der Waals surface area contributed by atoms with E-state index in [0.29, 0.717) is 26.4 Å². The second kappa shape index (κ2) is 6.89. The van der Waals surface area contributed by atoms with Crippen molar-refractivity contribution in [2.24, 2.45) is 5.92 Å². The highest BCUT2D eigenvalue weighted by molar-refractivity contribution is 5.79. The van der Waals surface area contributed by atoms with Gasteiger partial charge in [-0.25, -0.2) is 0 Å². The van der Waals surface area contributed by atoms with Crippen LogP contribution in [0.15, 0.2) is 18.2 Å². The molecule has 24 heavy (non-hydrogen) atoms. The van der Waals surface area contributed by atoms with E-state index in [9.17, 15) is 4.79 Å². The lowest BCUT2D eigenvalue weighted by Crippen LogP contribution is -2.38. The molecule has 0 unspecified atom stereocenters. The zero-order valence-electron chi connectivity index (χ0n) is 13.8. The van der Waals surface area contributed by atoms with Crippen molar-refractivity contribution >= 4 is 11.6 Å². The van der Waals surface area contributed by atoms with Crippen LogP contribution >= 0.6 is 0 Å². The smallest absolute Gasteiger partial charge is 0.225 e. The largest absolute Gasteiger partial charge is 0.490 e. The summed E-state index contributed by atoms with van der Waals surface area (Å²) in [4.78, 5) is 14.5. The Labute approximate surface area is 142 Å². The van der Waals surface area contributed by atoms with E-state index in [1.165, 1.54) is 0 Å². The average molecular weight is 332 g/mol. The first-order chi connectivity index (χ1) is 11.8. The van der Waals surface area contributed by atoms with Crippen molar-refractivity contribution in [1.29, 1.82) is 0 Å². The summed E-state index contributed by atoms with van der Waals surface area (Å²) < 4.78 is 17.0. The number of benzene rings is 1. The molecule has 1 aromatic carbocycles.